The van der Waals surface area contributed by atoms with Crippen LogP contribution in [-0.2, 0) is 4.74 Å². The summed E-state index contributed by atoms with van der Waals surface area (Å²) in [6.45, 7) is 9.81. The van der Waals surface area contributed by atoms with Crippen LogP contribution < -0.4 is 5.32 Å². The topological polar surface area (TPSA) is 21.3 Å². The fourth-order valence-corrected chi connectivity index (χ4v) is 2.79. The zero-order chi connectivity index (χ0) is 11.3. The molecule has 1 aliphatic rings. The van der Waals surface area contributed by atoms with Crippen molar-refractivity contribution in [3.05, 3.63) is 0 Å². The fraction of sp³-hybridized carbons (Fsp3) is 1.00. The monoisotopic (exact) mass is 213 g/mol. The van der Waals surface area contributed by atoms with Gasteiger partial charge >= 0.3 is 0 Å². The third kappa shape index (κ3) is 4.12. The van der Waals surface area contributed by atoms with Crippen molar-refractivity contribution in [3.8, 4) is 0 Å². The molecular weight excluding hydrogens is 186 g/mol. The van der Waals surface area contributed by atoms with Gasteiger partial charge in [-0.1, -0.05) is 13.8 Å². The highest BCUT2D eigenvalue weighted by atomic mass is 16.5. The molecule has 0 heterocycles. The summed E-state index contributed by atoms with van der Waals surface area (Å²) in [5.74, 6) is 1.57. The van der Waals surface area contributed by atoms with E-state index in [1.807, 2.05) is 0 Å². The fourth-order valence-electron chi connectivity index (χ4n) is 2.79. The molecular formula is C13H27NO. The van der Waals surface area contributed by atoms with Crippen LogP contribution in [-0.4, -0.2) is 26.8 Å². The average Bonchev–Trinajstić information content (AvgIpc) is 2.18. The summed E-state index contributed by atoms with van der Waals surface area (Å²) < 4.78 is 5.62. The van der Waals surface area contributed by atoms with Crippen LogP contribution in [0.2, 0.25) is 0 Å². The van der Waals surface area contributed by atoms with E-state index in [0.29, 0.717) is 5.41 Å². The Hall–Kier alpha value is -0.0800. The SMILES string of the molecule is CCOCC1CC(C)(C)CCC1CNC. The number of hydrogen-bond donors (Lipinski definition) is 1. The van der Waals surface area contributed by atoms with Gasteiger partial charge in [-0.05, 0) is 57.0 Å². The molecule has 2 nitrogen and oxygen atoms in total. The first-order valence-corrected chi connectivity index (χ1v) is 6.31. The van der Waals surface area contributed by atoms with Gasteiger partial charge < -0.3 is 10.1 Å². The zero-order valence-corrected chi connectivity index (χ0v) is 10.8. The van der Waals surface area contributed by atoms with Crippen molar-refractivity contribution >= 4 is 0 Å². The Bertz CT molecular complexity index is 179. The summed E-state index contributed by atoms with van der Waals surface area (Å²) in [6, 6.07) is 0. The molecule has 90 valence electrons. The minimum Gasteiger partial charge on any atom is -0.381 e. The third-order valence-corrected chi connectivity index (χ3v) is 3.68. The molecule has 0 aliphatic heterocycles. The van der Waals surface area contributed by atoms with E-state index in [-0.39, 0.29) is 0 Å². The van der Waals surface area contributed by atoms with E-state index in [2.05, 4.69) is 33.1 Å². The smallest absolute Gasteiger partial charge is 0.0497 e. The van der Waals surface area contributed by atoms with Crippen LogP contribution in [0.3, 0.4) is 0 Å². The number of hydrogen-bond acceptors (Lipinski definition) is 2. The van der Waals surface area contributed by atoms with Crippen LogP contribution in [0.25, 0.3) is 0 Å². The average molecular weight is 213 g/mol. The van der Waals surface area contributed by atoms with Crippen LogP contribution in [0.15, 0.2) is 0 Å². The highest BCUT2D eigenvalue weighted by molar-refractivity contribution is 4.85. The maximum Gasteiger partial charge on any atom is 0.0497 e. The van der Waals surface area contributed by atoms with E-state index in [1.165, 1.54) is 19.3 Å². The van der Waals surface area contributed by atoms with Crippen molar-refractivity contribution in [1.29, 1.82) is 0 Å². The Labute approximate surface area is 94.8 Å². The summed E-state index contributed by atoms with van der Waals surface area (Å²) in [5.41, 5.74) is 0.520. The molecule has 2 atom stereocenters. The molecule has 0 aromatic carbocycles. The summed E-state index contributed by atoms with van der Waals surface area (Å²) in [7, 11) is 2.05. The van der Waals surface area contributed by atoms with Crippen LogP contribution in [0, 0.1) is 17.3 Å². The molecule has 2 heteroatoms. The predicted molar refractivity (Wildman–Crippen MR) is 65.0 cm³/mol. The second-order valence-corrected chi connectivity index (χ2v) is 5.64. The summed E-state index contributed by atoms with van der Waals surface area (Å²) in [4.78, 5) is 0. The summed E-state index contributed by atoms with van der Waals surface area (Å²) >= 11 is 0. The van der Waals surface area contributed by atoms with E-state index in [9.17, 15) is 0 Å². The van der Waals surface area contributed by atoms with Gasteiger partial charge in [0.15, 0.2) is 0 Å². The van der Waals surface area contributed by atoms with Gasteiger partial charge in [0.25, 0.3) is 0 Å². The number of nitrogens with one attached hydrogen (secondary N) is 1. The normalized spacial score (nSPS) is 30.4. The molecule has 0 aromatic heterocycles. The standard InChI is InChI=1S/C13H27NO/c1-5-15-10-12-8-13(2,3)7-6-11(12)9-14-4/h11-12,14H,5-10H2,1-4H3. The highest BCUT2D eigenvalue weighted by Gasteiger charge is 2.34. The second kappa shape index (κ2) is 5.86. The lowest BCUT2D eigenvalue weighted by Crippen LogP contribution is -2.37. The van der Waals surface area contributed by atoms with Crippen molar-refractivity contribution in [2.24, 2.45) is 17.3 Å². The van der Waals surface area contributed by atoms with Gasteiger partial charge in [0.05, 0.1) is 0 Å². The van der Waals surface area contributed by atoms with Gasteiger partial charge in [-0.25, -0.2) is 0 Å². The van der Waals surface area contributed by atoms with Crippen LogP contribution in [0.5, 0.6) is 0 Å². The number of rotatable bonds is 5. The molecule has 1 N–H and O–H groups in total. The Morgan fingerprint density at radius 3 is 2.67 bits per heavy atom. The molecule has 0 radical (unpaired) electrons. The second-order valence-electron chi connectivity index (χ2n) is 5.64. The molecule has 0 bridgehead atoms. The van der Waals surface area contributed by atoms with Gasteiger partial charge in [-0.3, -0.25) is 0 Å². The molecule has 15 heavy (non-hydrogen) atoms. The highest BCUT2D eigenvalue weighted by Crippen LogP contribution is 2.41. The zero-order valence-electron chi connectivity index (χ0n) is 10.8. The van der Waals surface area contributed by atoms with Crippen molar-refractivity contribution in [1.82, 2.24) is 5.32 Å². The first kappa shape index (κ1) is 13.0. The van der Waals surface area contributed by atoms with Crippen molar-refractivity contribution < 1.29 is 4.74 Å². The molecule has 0 amide bonds. The Kier molecular flexibility index (Phi) is 5.07. The Morgan fingerprint density at radius 2 is 2.07 bits per heavy atom. The lowest BCUT2D eigenvalue weighted by molar-refractivity contribution is 0.0300. The van der Waals surface area contributed by atoms with Crippen LogP contribution in [0.4, 0.5) is 0 Å². The number of ether oxygens (including phenoxy) is 1. The van der Waals surface area contributed by atoms with E-state index in [1.54, 1.807) is 0 Å². The van der Waals surface area contributed by atoms with Gasteiger partial charge in [0.2, 0.25) is 0 Å². The van der Waals surface area contributed by atoms with Gasteiger partial charge in [-0.2, -0.15) is 0 Å². The van der Waals surface area contributed by atoms with Gasteiger partial charge in [0.1, 0.15) is 0 Å². The first-order chi connectivity index (χ1) is 7.09. The van der Waals surface area contributed by atoms with Gasteiger partial charge in [-0.15, -0.1) is 0 Å². The largest absolute Gasteiger partial charge is 0.381 e. The Balaban J connectivity index is 2.48. The van der Waals surface area contributed by atoms with Crippen molar-refractivity contribution in [2.75, 3.05) is 26.8 Å². The minimum absolute atomic E-state index is 0.520. The molecule has 0 aromatic rings. The van der Waals surface area contributed by atoms with Crippen LogP contribution in [0.1, 0.15) is 40.0 Å². The van der Waals surface area contributed by atoms with Crippen LogP contribution >= 0.6 is 0 Å². The minimum atomic E-state index is 0.520. The Morgan fingerprint density at radius 1 is 1.33 bits per heavy atom. The van der Waals surface area contributed by atoms with E-state index in [4.69, 9.17) is 4.74 Å². The van der Waals surface area contributed by atoms with Crippen molar-refractivity contribution in [2.45, 2.75) is 40.0 Å². The molecule has 2 unspecified atom stereocenters. The molecule has 1 fully saturated rings. The van der Waals surface area contributed by atoms with E-state index < -0.39 is 0 Å². The third-order valence-electron chi connectivity index (χ3n) is 3.68. The first-order valence-electron chi connectivity index (χ1n) is 6.31. The lowest BCUT2D eigenvalue weighted by atomic mass is 9.67. The molecule has 0 saturated heterocycles. The molecule has 1 rings (SSSR count). The lowest BCUT2D eigenvalue weighted by Gasteiger charge is -2.40. The quantitative estimate of drug-likeness (QED) is 0.758. The van der Waals surface area contributed by atoms with Gasteiger partial charge in [0, 0.05) is 13.2 Å². The maximum atomic E-state index is 5.62. The summed E-state index contributed by atoms with van der Waals surface area (Å²) in [6.07, 6.45) is 4.03. The molecule has 0 spiro atoms. The summed E-state index contributed by atoms with van der Waals surface area (Å²) in [5, 5.41) is 3.32. The van der Waals surface area contributed by atoms with E-state index >= 15 is 0 Å². The van der Waals surface area contributed by atoms with Crippen molar-refractivity contribution in [3.63, 3.8) is 0 Å². The molecule has 1 saturated carbocycles. The van der Waals surface area contributed by atoms with E-state index in [0.717, 1.165) is 31.6 Å². The predicted octanol–water partition coefficient (Wildman–Crippen LogP) is 2.68. The molecule has 1 aliphatic carbocycles. The maximum absolute atomic E-state index is 5.62.